The van der Waals surface area contributed by atoms with E-state index in [9.17, 15) is 10.5 Å². The standard InChI is InChI=1S/C71H43N5S2/c1-71(2,76-56-29-11-3-21-46(56)47-22-4-12-30-57(47)76)68-69(74-54-27-9-5-23-48(54)64-58(74)33-35-62-66(64)50-25-7-13-31-60(50)77-62)52(44-19-15-17-42(37-44)40-72)39-53(45-20-16-18-43(38-45)41-73)70(68)75-55-28-10-6-24-49(55)65-59(75)34-36-63-67(65)51-26-8-14-32-61(51)78-63/h3-39H,1-2H3. The first-order valence-electron chi connectivity index (χ1n) is 26.3. The minimum Gasteiger partial charge on any atom is -0.330 e. The molecule has 0 amide bonds. The largest absolute Gasteiger partial charge is 0.330 e. The van der Waals surface area contributed by atoms with Crippen LogP contribution in [-0.4, -0.2) is 13.7 Å². The zero-order chi connectivity index (χ0) is 52.0. The zero-order valence-electron chi connectivity index (χ0n) is 42.4. The maximum Gasteiger partial charge on any atom is 0.0991 e. The number of benzene rings is 11. The van der Waals surface area contributed by atoms with Gasteiger partial charge in [-0.25, -0.2) is 0 Å². The van der Waals surface area contributed by atoms with E-state index in [2.05, 4.69) is 228 Å². The molecule has 364 valence electrons. The van der Waals surface area contributed by atoms with Crippen molar-refractivity contribution >= 4 is 128 Å². The van der Waals surface area contributed by atoms with Crippen LogP contribution in [0.2, 0.25) is 0 Å². The molecule has 0 fully saturated rings. The van der Waals surface area contributed by atoms with Crippen molar-refractivity contribution in [3.63, 3.8) is 0 Å². The van der Waals surface area contributed by atoms with Crippen LogP contribution in [0, 0.1) is 22.7 Å². The van der Waals surface area contributed by atoms with Crippen molar-refractivity contribution in [3.05, 3.63) is 241 Å². The van der Waals surface area contributed by atoms with Gasteiger partial charge in [0, 0.05) is 100 Å². The molecule has 7 heteroatoms. The van der Waals surface area contributed by atoms with E-state index in [1.54, 1.807) is 0 Å². The van der Waals surface area contributed by atoms with Crippen LogP contribution in [0.5, 0.6) is 0 Å². The Morgan fingerprint density at radius 1 is 0.346 bits per heavy atom. The smallest absolute Gasteiger partial charge is 0.0991 e. The predicted octanol–water partition coefficient (Wildman–Crippen LogP) is 19.6. The van der Waals surface area contributed by atoms with Crippen LogP contribution in [0.3, 0.4) is 0 Å². The molecule has 0 aliphatic heterocycles. The maximum atomic E-state index is 10.7. The highest BCUT2D eigenvalue weighted by Crippen LogP contribution is 2.54. The van der Waals surface area contributed by atoms with Gasteiger partial charge in [-0.3, -0.25) is 0 Å². The normalized spacial score (nSPS) is 12.2. The summed E-state index contributed by atoms with van der Waals surface area (Å²) in [6, 6.07) is 86.0. The summed E-state index contributed by atoms with van der Waals surface area (Å²) in [5, 5.41) is 33.5. The quantitative estimate of drug-likeness (QED) is 0.167. The average molecular weight is 1030 g/mol. The molecule has 5 heterocycles. The second-order valence-corrected chi connectivity index (χ2v) is 23.1. The monoisotopic (exact) mass is 1030 g/mol. The third kappa shape index (κ3) is 6.14. The van der Waals surface area contributed by atoms with E-state index >= 15 is 0 Å². The fourth-order valence-corrected chi connectivity index (χ4v) is 15.6. The van der Waals surface area contributed by atoms with Gasteiger partial charge >= 0.3 is 0 Å². The van der Waals surface area contributed by atoms with E-state index in [1.165, 1.54) is 61.9 Å². The molecular formula is C71H43N5S2. The first-order chi connectivity index (χ1) is 38.4. The van der Waals surface area contributed by atoms with Crippen LogP contribution in [0.1, 0.15) is 30.5 Å². The SMILES string of the molecule is CC(C)(c1c(-n2c3ccccc3c3c4c(ccc32)sc2ccccc24)c(-c2cccc(C#N)c2)cc(-c2cccc(C#N)c2)c1-n1c2ccccc2c2c3c(ccc21)sc1ccccc13)n1c2ccccc2c2ccccc21. The third-order valence-corrected chi connectivity index (χ3v) is 18.7. The molecule has 0 aliphatic carbocycles. The summed E-state index contributed by atoms with van der Waals surface area (Å²) in [6.45, 7) is 4.80. The molecule has 0 radical (unpaired) electrons. The van der Waals surface area contributed by atoms with Crippen LogP contribution in [-0.2, 0) is 5.54 Å². The van der Waals surface area contributed by atoms with Gasteiger partial charge in [0.15, 0.2) is 0 Å². The highest BCUT2D eigenvalue weighted by molar-refractivity contribution is 7.26. The van der Waals surface area contributed by atoms with Crippen molar-refractivity contribution in [2.24, 2.45) is 0 Å². The van der Waals surface area contributed by atoms with Crippen molar-refractivity contribution in [1.29, 1.82) is 10.5 Å². The molecule has 0 spiro atoms. The lowest BCUT2D eigenvalue weighted by molar-refractivity contribution is 0.462. The van der Waals surface area contributed by atoms with Crippen LogP contribution < -0.4 is 0 Å². The van der Waals surface area contributed by atoms with Crippen LogP contribution in [0.25, 0.3) is 139 Å². The molecule has 16 rings (SSSR count). The van der Waals surface area contributed by atoms with Gasteiger partial charge in [0.2, 0.25) is 0 Å². The molecule has 11 aromatic carbocycles. The second kappa shape index (κ2) is 16.6. The Hall–Kier alpha value is -9.76. The van der Waals surface area contributed by atoms with E-state index in [4.69, 9.17) is 0 Å². The van der Waals surface area contributed by atoms with Gasteiger partial charge in [0.1, 0.15) is 0 Å². The number of nitriles is 2. The molecular weight excluding hydrogens is 987 g/mol. The Morgan fingerprint density at radius 2 is 0.744 bits per heavy atom. The summed E-state index contributed by atoms with van der Waals surface area (Å²) >= 11 is 3.68. The number of thiophene rings is 2. The van der Waals surface area contributed by atoms with E-state index in [0.717, 1.165) is 83.1 Å². The lowest BCUT2D eigenvalue weighted by atomic mass is 9.82. The number of rotatable bonds is 6. The topological polar surface area (TPSA) is 62.4 Å². The van der Waals surface area contributed by atoms with Gasteiger partial charge in [0.25, 0.3) is 0 Å². The van der Waals surface area contributed by atoms with Gasteiger partial charge in [-0.1, -0.05) is 133 Å². The second-order valence-electron chi connectivity index (χ2n) is 20.9. The van der Waals surface area contributed by atoms with E-state index < -0.39 is 5.54 Å². The number of para-hydroxylation sites is 4. The minimum atomic E-state index is -0.869. The summed E-state index contributed by atoms with van der Waals surface area (Å²) in [6.07, 6.45) is 0. The number of fused-ring (bicyclic) bond motifs is 17. The summed E-state index contributed by atoms with van der Waals surface area (Å²) < 4.78 is 12.7. The van der Waals surface area contributed by atoms with Gasteiger partial charge in [-0.15, -0.1) is 22.7 Å². The lowest BCUT2D eigenvalue weighted by Crippen LogP contribution is -2.31. The number of aromatic nitrogens is 3. The Labute approximate surface area is 456 Å². The molecule has 0 N–H and O–H groups in total. The van der Waals surface area contributed by atoms with Gasteiger partial charge < -0.3 is 13.7 Å². The summed E-state index contributed by atoms with van der Waals surface area (Å²) in [5.41, 5.74) is 13.7. The van der Waals surface area contributed by atoms with Gasteiger partial charge in [0.05, 0.1) is 62.2 Å². The number of nitrogens with zero attached hydrogens (tertiary/aromatic N) is 5. The van der Waals surface area contributed by atoms with Gasteiger partial charge in [-0.2, -0.15) is 10.5 Å². The Bertz CT molecular complexity index is 5030. The summed E-state index contributed by atoms with van der Waals surface area (Å²) in [7, 11) is 0. The van der Waals surface area contributed by atoms with Crippen molar-refractivity contribution in [1.82, 2.24) is 13.7 Å². The summed E-state index contributed by atoms with van der Waals surface area (Å²) in [5.74, 6) is 0. The van der Waals surface area contributed by atoms with E-state index in [1.807, 2.05) is 59.1 Å². The fourth-order valence-electron chi connectivity index (χ4n) is 13.3. The van der Waals surface area contributed by atoms with Crippen molar-refractivity contribution < 1.29 is 0 Å². The molecule has 0 aliphatic rings. The first kappa shape index (κ1) is 44.5. The van der Waals surface area contributed by atoms with Crippen LogP contribution in [0.4, 0.5) is 0 Å². The Kier molecular flexibility index (Phi) is 9.49. The van der Waals surface area contributed by atoms with E-state index in [0.29, 0.717) is 11.1 Å². The van der Waals surface area contributed by atoms with Crippen LogP contribution in [0.15, 0.2) is 224 Å². The molecule has 0 bridgehead atoms. The van der Waals surface area contributed by atoms with Crippen molar-refractivity contribution in [2.75, 3.05) is 0 Å². The molecule has 78 heavy (non-hydrogen) atoms. The lowest BCUT2D eigenvalue weighted by Gasteiger charge is -2.37. The molecule has 0 atom stereocenters. The minimum absolute atomic E-state index is 0.571. The summed E-state index contributed by atoms with van der Waals surface area (Å²) in [4.78, 5) is 0. The Morgan fingerprint density at radius 3 is 1.19 bits per heavy atom. The van der Waals surface area contributed by atoms with Crippen molar-refractivity contribution in [3.8, 4) is 45.8 Å². The molecule has 16 aromatic rings. The molecule has 5 aromatic heterocycles. The molecule has 5 nitrogen and oxygen atoms in total. The predicted molar refractivity (Wildman–Crippen MR) is 329 cm³/mol. The third-order valence-electron chi connectivity index (χ3n) is 16.4. The van der Waals surface area contributed by atoms with Crippen molar-refractivity contribution in [2.45, 2.75) is 19.4 Å². The highest BCUT2D eigenvalue weighted by atomic mass is 32.1. The highest BCUT2D eigenvalue weighted by Gasteiger charge is 2.38. The zero-order valence-corrected chi connectivity index (χ0v) is 44.0. The molecule has 0 unspecified atom stereocenters. The van der Waals surface area contributed by atoms with E-state index in [-0.39, 0.29) is 0 Å². The fraction of sp³-hybridized carbons (Fsp3) is 0.0423. The maximum absolute atomic E-state index is 10.7. The van der Waals surface area contributed by atoms with Crippen LogP contribution >= 0.6 is 22.7 Å². The molecule has 0 saturated carbocycles. The Balaban J connectivity index is 1.21. The number of hydrogen-bond donors (Lipinski definition) is 0. The average Bonchev–Trinajstić information content (AvgIpc) is 3.71. The first-order valence-corrected chi connectivity index (χ1v) is 27.9. The molecule has 0 saturated heterocycles. The number of hydrogen-bond acceptors (Lipinski definition) is 4. The van der Waals surface area contributed by atoms with Gasteiger partial charge in [-0.05, 0) is 116 Å².